The number of benzene rings is 1. The van der Waals surface area contributed by atoms with Crippen LogP contribution in [0.4, 0.5) is 0 Å². The van der Waals surface area contributed by atoms with Crippen LogP contribution < -0.4 is 10.5 Å². The van der Waals surface area contributed by atoms with Crippen LogP contribution in [0, 0.1) is 6.92 Å². The van der Waals surface area contributed by atoms with E-state index < -0.39 is 0 Å². The largest absolute Gasteiger partial charge is 0.496 e. The lowest BCUT2D eigenvalue weighted by Crippen LogP contribution is -2.15. The molecule has 0 bridgehead atoms. The summed E-state index contributed by atoms with van der Waals surface area (Å²) < 4.78 is 5.15. The third-order valence-corrected chi connectivity index (χ3v) is 1.94. The number of nitrogens with zero attached hydrogens (tertiary/aromatic N) is 1. The smallest absolute Gasteiger partial charge is 0.143 e. The van der Waals surface area contributed by atoms with Crippen molar-refractivity contribution < 1.29 is 9.94 Å². The van der Waals surface area contributed by atoms with Gasteiger partial charge in [-0.2, -0.15) is 0 Å². The molecule has 14 heavy (non-hydrogen) atoms. The van der Waals surface area contributed by atoms with Gasteiger partial charge in [0.25, 0.3) is 0 Å². The van der Waals surface area contributed by atoms with Crippen molar-refractivity contribution in [1.29, 1.82) is 0 Å². The average molecular weight is 194 g/mol. The maximum Gasteiger partial charge on any atom is 0.143 e. The summed E-state index contributed by atoms with van der Waals surface area (Å²) in [4.78, 5) is 0. The Morgan fingerprint density at radius 2 is 2.29 bits per heavy atom. The molecule has 0 atom stereocenters. The van der Waals surface area contributed by atoms with Crippen molar-refractivity contribution in [3.8, 4) is 5.75 Å². The molecule has 0 spiro atoms. The lowest BCUT2D eigenvalue weighted by molar-refractivity contribution is 0.317. The van der Waals surface area contributed by atoms with Crippen LogP contribution in [-0.2, 0) is 6.42 Å². The molecular formula is C10H14N2O2. The Kier molecular flexibility index (Phi) is 3.34. The molecule has 0 unspecified atom stereocenters. The maximum atomic E-state index is 8.45. The summed E-state index contributed by atoms with van der Waals surface area (Å²) in [5.74, 6) is 0.927. The number of hydrogen-bond acceptors (Lipinski definition) is 3. The zero-order chi connectivity index (χ0) is 10.6. The van der Waals surface area contributed by atoms with Crippen LogP contribution in [0.15, 0.2) is 23.4 Å². The minimum absolute atomic E-state index is 0.175. The monoisotopic (exact) mass is 194 g/mol. The van der Waals surface area contributed by atoms with Crippen molar-refractivity contribution in [2.45, 2.75) is 13.3 Å². The third-order valence-electron chi connectivity index (χ3n) is 1.94. The summed E-state index contributed by atoms with van der Waals surface area (Å²) in [7, 11) is 1.60. The Morgan fingerprint density at radius 3 is 2.86 bits per heavy atom. The number of ether oxygens (including phenoxy) is 1. The molecular weight excluding hydrogens is 180 g/mol. The second-order valence-corrected chi connectivity index (χ2v) is 3.08. The lowest BCUT2D eigenvalue weighted by Gasteiger charge is -2.08. The van der Waals surface area contributed by atoms with E-state index in [9.17, 15) is 0 Å². The predicted octanol–water partition coefficient (Wildman–Crippen LogP) is 1.29. The molecule has 0 heterocycles. The number of rotatable bonds is 3. The van der Waals surface area contributed by atoms with Crippen molar-refractivity contribution in [3.05, 3.63) is 29.3 Å². The first kappa shape index (κ1) is 10.4. The first-order valence-corrected chi connectivity index (χ1v) is 4.27. The Bertz CT molecular complexity index is 348. The Morgan fingerprint density at radius 1 is 1.57 bits per heavy atom. The highest BCUT2D eigenvalue weighted by Gasteiger charge is 2.05. The molecule has 1 aromatic rings. The van der Waals surface area contributed by atoms with Crippen LogP contribution in [0.2, 0.25) is 0 Å². The summed E-state index contributed by atoms with van der Waals surface area (Å²) in [5.41, 5.74) is 7.46. The molecule has 3 N–H and O–H groups in total. The molecule has 76 valence electrons. The second-order valence-electron chi connectivity index (χ2n) is 3.08. The van der Waals surface area contributed by atoms with Gasteiger partial charge < -0.3 is 15.7 Å². The second kappa shape index (κ2) is 4.50. The van der Waals surface area contributed by atoms with E-state index in [-0.39, 0.29) is 5.84 Å². The average Bonchev–Trinajstić information content (AvgIpc) is 2.18. The fraction of sp³-hybridized carbons (Fsp3) is 0.300. The molecule has 0 aliphatic carbocycles. The van der Waals surface area contributed by atoms with Crippen molar-refractivity contribution in [2.24, 2.45) is 10.9 Å². The third kappa shape index (κ3) is 2.39. The SMILES string of the molecule is COc1ccc(C)cc1CC(N)=NO. The molecule has 0 aromatic heterocycles. The van der Waals surface area contributed by atoms with Gasteiger partial charge in [0.2, 0.25) is 0 Å². The van der Waals surface area contributed by atoms with E-state index in [0.717, 1.165) is 16.9 Å². The number of amidine groups is 1. The molecule has 0 aliphatic heterocycles. The van der Waals surface area contributed by atoms with Gasteiger partial charge in [-0.25, -0.2) is 0 Å². The van der Waals surface area contributed by atoms with Crippen molar-refractivity contribution in [1.82, 2.24) is 0 Å². The van der Waals surface area contributed by atoms with Crippen molar-refractivity contribution in [2.75, 3.05) is 7.11 Å². The first-order chi connectivity index (χ1) is 6.67. The van der Waals surface area contributed by atoms with Gasteiger partial charge in [-0.1, -0.05) is 22.9 Å². The Labute approximate surface area is 83.0 Å². The van der Waals surface area contributed by atoms with E-state index in [1.165, 1.54) is 0 Å². The highest BCUT2D eigenvalue weighted by Crippen LogP contribution is 2.19. The van der Waals surface area contributed by atoms with Gasteiger partial charge in [0.05, 0.1) is 7.11 Å². The number of aryl methyl sites for hydroxylation is 1. The van der Waals surface area contributed by atoms with E-state index in [1.807, 2.05) is 25.1 Å². The van der Waals surface area contributed by atoms with Gasteiger partial charge in [-0.3, -0.25) is 0 Å². The Balaban J connectivity index is 2.99. The quantitative estimate of drug-likeness (QED) is 0.330. The summed E-state index contributed by atoms with van der Waals surface area (Å²) in [6, 6.07) is 5.78. The molecule has 0 aliphatic rings. The number of nitrogens with two attached hydrogens (primary N) is 1. The zero-order valence-electron chi connectivity index (χ0n) is 8.32. The van der Waals surface area contributed by atoms with Crippen LogP contribution in [0.3, 0.4) is 0 Å². The summed E-state index contributed by atoms with van der Waals surface area (Å²) in [6.07, 6.45) is 0.390. The number of methoxy groups -OCH3 is 1. The molecule has 1 aromatic carbocycles. The van der Waals surface area contributed by atoms with Crippen molar-refractivity contribution >= 4 is 5.84 Å². The molecule has 4 nitrogen and oxygen atoms in total. The Hall–Kier alpha value is -1.71. The summed E-state index contributed by atoms with van der Waals surface area (Å²) in [5, 5.41) is 11.4. The van der Waals surface area contributed by atoms with Crippen LogP contribution in [0.1, 0.15) is 11.1 Å². The van der Waals surface area contributed by atoms with Gasteiger partial charge >= 0.3 is 0 Å². The molecule has 0 radical (unpaired) electrons. The fourth-order valence-corrected chi connectivity index (χ4v) is 1.28. The van der Waals surface area contributed by atoms with E-state index in [0.29, 0.717) is 6.42 Å². The predicted molar refractivity (Wildman–Crippen MR) is 54.8 cm³/mol. The van der Waals surface area contributed by atoms with Gasteiger partial charge in [-0.05, 0) is 13.0 Å². The maximum absolute atomic E-state index is 8.45. The standard InChI is InChI=1S/C10H14N2O2/c1-7-3-4-9(14-2)8(5-7)6-10(11)12-13/h3-5,13H,6H2,1-2H3,(H2,11,12). The first-order valence-electron chi connectivity index (χ1n) is 4.27. The van der Waals surface area contributed by atoms with E-state index in [4.69, 9.17) is 15.7 Å². The molecule has 4 heteroatoms. The van der Waals surface area contributed by atoms with E-state index >= 15 is 0 Å². The van der Waals surface area contributed by atoms with Gasteiger partial charge in [-0.15, -0.1) is 0 Å². The van der Waals surface area contributed by atoms with E-state index in [2.05, 4.69) is 5.16 Å². The minimum Gasteiger partial charge on any atom is -0.496 e. The van der Waals surface area contributed by atoms with Crippen LogP contribution in [0.5, 0.6) is 5.75 Å². The number of hydrogen-bond donors (Lipinski definition) is 2. The summed E-state index contributed by atoms with van der Waals surface area (Å²) in [6.45, 7) is 1.98. The van der Waals surface area contributed by atoms with Crippen LogP contribution in [-0.4, -0.2) is 18.2 Å². The fourth-order valence-electron chi connectivity index (χ4n) is 1.28. The topological polar surface area (TPSA) is 67.8 Å². The molecule has 0 saturated heterocycles. The summed E-state index contributed by atoms with van der Waals surface area (Å²) >= 11 is 0. The normalized spacial score (nSPS) is 11.4. The lowest BCUT2D eigenvalue weighted by atomic mass is 10.1. The number of oxime groups is 1. The molecule has 0 amide bonds. The van der Waals surface area contributed by atoms with Crippen LogP contribution >= 0.6 is 0 Å². The molecule has 1 rings (SSSR count). The van der Waals surface area contributed by atoms with Gasteiger partial charge in [0.1, 0.15) is 11.6 Å². The highest BCUT2D eigenvalue weighted by atomic mass is 16.5. The molecule has 0 fully saturated rings. The van der Waals surface area contributed by atoms with Gasteiger partial charge in [0.15, 0.2) is 0 Å². The van der Waals surface area contributed by atoms with E-state index in [1.54, 1.807) is 7.11 Å². The highest BCUT2D eigenvalue weighted by molar-refractivity contribution is 5.82. The van der Waals surface area contributed by atoms with Gasteiger partial charge in [0, 0.05) is 12.0 Å². The minimum atomic E-state index is 0.175. The molecule has 0 saturated carbocycles. The van der Waals surface area contributed by atoms with Crippen molar-refractivity contribution in [3.63, 3.8) is 0 Å². The van der Waals surface area contributed by atoms with Crippen LogP contribution in [0.25, 0.3) is 0 Å². The zero-order valence-corrected chi connectivity index (χ0v) is 8.32.